The van der Waals surface area contributed by atoms with Gasteiger partial charge in [0.25, 0.3) is 0 Å². The second kappa shape index (κ2) is 7.72. The topological polar surface area (TPSA) is 90.7 Å². The Balaban J connectivity index is 1.92. The van der Waals surface area contributed by atoms with Crippen molar-refractivity contribution in [3.63, 3.8) is 0 Å². The molecule has 0 N–H and O–H groups in total. The molecular weight excluding hydrogens is 330 g/mol. The number of aryl methyl sites for hydroxylation is 1. The van der Waals surface area contributed by atoms with Crippen LogP contribution < -0.4 is 4.74 Å². The fourth-order valence-corrected chi connectivity index (χ4v) is 2.91. The molecule has 0 fully saturated rings. The molecule has 0 spiro atoms. The van der Waals surface area contributed by atoms with Crippen LogP contribution in [0.3, 0.4) is 0 Å². The van der Waals surface area contributed by atoms with Gasteiger partial charge in [-0.2, -0.15) is 5.10 Å². The van der Waals surface area contributed by atoms with E-state index >= 15 is 0 Å². The van der Waals surface area contributed by atoms with Crippen LogP contribution in [0.4, 0.5) is 0 Å². The van der Waals surface area contributed by atoms with Crippen molar-refractivity contribution in [2.75, 3.05) is 13.7 Å². The molecule has 1 aliphatic heterocycles. The molecule has 1 aliphatic rings. The van der Waals surface area contributed by atoms with Crippen LogP contribution in [-0.2, 0) is 4.79 Å². The average Bonchev–Trinajstić information content (AvgIpc) is 3.12. The Labute approximate surface area is 151 Å². The first-order chi connectivity index (χ1) is 12.6. The fraction of sp³-hybridized carbons (Fsp3) is 0.263. The highest BCUT2D eigenvalue weighted by Crippen LogP contribution is 2.33. The number of benzene rings is 2. The summed E-state index contributed by atoms with van der Waals surface area (Å²) < 4.78 is 5.20. The largest absolute Gasteiger partial charge is 0.497 e. The van der Waals surface area contributed by atoms with Gasteiger partial charge in [0, 0.05) is 11.3 Å². The maximum Gasteiger partial charge on any atom is 0.249 e. The molecule has 26 heavy (non-hydrogen) atoms. The van der Waals surface area contributed by atoms with Gasteiger partial charge in [-0.1, -0.05) is 47.1 Å². The van der Waals surface area contributed by atoms with Crippen LogP contribution in [0.2, 0.25) is 0 Å². The Hall–Kier alpha value is -3.31. The van der Waals surface area contributed by atoms with Crippen molar-refractivity contribution in [2.45, 2.75) is 19.4 Å². The molecule has 0 aliphatic carbocycles. The van der Waals surface area contributed by atoms with Crippen LogP contribution in [-0.4, -0.2) is 30.3 Å². The molecule has 0 saturated carbocycles. The number of hydrazone groups is 1. The van der Waals surface area contributed by atoms with Crippen molar-refractivity contribution in [3.05, 3.63) is 75.7 Å². The van der Waals surface area contributed by atoms with Crippen molar-refractivity contribution in [2.24, 2.45) is 10.2 Å². The van der Waals surface area contributed by atoms with Crippen LogP contribution in [0.1, 0.15) is 29.2 Å². The standard InChI is InChI=1S/C19H19N5O2/c1-13-3-5-14(6-4-13)17-11-18(15-7-9-16(26-2)10-8-15)24(22-17)19(25)12-21-23-20/h3-10,18H,11-12H2,1-2H3. The van der Waals surface area contributed by atoms with E-state index in [2.05, 4.69) is 15.1 Å². The van der Waals surface area contributed by atoms with Crippen LogP contribution in [0.5, 0.6) is 5.75 Å². The number of hydrogen-bond acceptors (Lipinski definition) is 4. The Morgan fingerprint density at radius 1 is 1.27 bits per heavy atom. The van der Waals surface area contributed by atoms with E-state index in [4.69, 9.17) is 10.3 Å². The molecule has 7 heteroatoms. The zero-order valence-corrected chi connectivity index (χ0v) is 14.7. The summed E-state index contributed by atoms with van der Waals surface area (Å²) >= 11 is 0. The number of azide groups is 1. The molecule has 0 bridgehead atoms. The average molecular weight is 349 g/mol. The lowest BCUT2D eigenvalue weighted by atomic mass is 9.98. The van der Waals surface area contributed by atoms with Gasteiger partial charge in [-0.25, -0.2) is 5.01 Å². The molecule has 0 radical (unpaired) electrons. The first kappa shape index (κ1) is 17.5. The van der Waals surface area contributed by atoms with Crippen LogP contribution in [0.25, 0.3) is 10.4 Å². The van der Waals surface area contributed by atoms with Crippen LogP contribution in [0.15, 0.2) is 58.7 Å². The molecule has 132 valence electrons. The minimum atomic E-state index is -0.328. The van der Waals surface area contributed by atoms with E-state index in [-0.39, 0.29) is 18.5 Å². The smallest absolute Gasteiger partial charge is 0.249 e. The van der Waals surface area contributed by atoms with Crippen molar-refractivity contribution < 1.29 is 9.53 Å². The summed E-state index contributed by atoms with van der Waals surface area (Å²) in [6.45, 7) is 1.77. The number of carbonyl (C=O) groups is 1. The normalized spacial score (nSPS) is 16.0. The van der Waals surface area contributed by atoms with Gasteiger partial charge >= 0.3 is 0 Å². The molecule has 0 aromatic heterocycles. The van der Waals surface area contributed by atoms with Gasteiger partial charge in [0.05, 0.1) is 18.9 Å². The van der Waals surface area contributed by atoms with E-state index in [0.717, 1.165) is 28.2 Å². The third kappa shape index (κ3) is 3.68. The van der Waals surface area contributed by atoms with E-state index in [1.807, 2.05) is 55.5 Å². The van der Waals surface area contributed by atoms with E-state index in [9.17, 15) is 4.79 Å². The van der Waals surface area contributed by atoms with Gasteiger partial charge < -0.3 is 4.74 Å². The quantitative estimate of drug-likeness (QED) is 0.464. The highest BCUT2D eigenvalue weighted by molar-refractivity contribution is 6.03. The van der Waals surface area contributed by atoms with Gasteiger partial charge in [-0.15, -0.1) is 0 Å². The Morgan fingerprint density at radius 2 is 1.96 bits per heavy atom. The second-order valence-electron chi connectivity index (χ2n) is 6.03. The second-order valence-corrected chi connectivity index (χ2v) is 6.03. The van der Waals surface area contributed by atoms with E-state index in [1.165, 1.54) is 5.01 Å². The molecule has 0 saturated heterocycles. The molecule has 1 amide bonds. The number of hydrogen-bond donors (Lipinski definition) is 0. The molecule has 7 nitrogen and oxygen atoms in total. The minimum Gasteiger partial charge on any atom is -0.497 e. The van der Waals surface area contributed by atoms with Gasteiger partial charge in [-0.3, -0.25) is 4.79 Å². The first-order valence-corrected chi connectivity index (χ1v) is 8.23. The third-order valence-corrected chi connectivity index (χ3v) is 4.32. The highest BCUT2D eigenvalue weighted by atomic mass is 16.5. The molecule has 1 heterocycles. The maximum absolute atomic E-state index is 12.5. The predicted octanol–water partition coefficient (Wildman–Crippen LogP) is 3.99. The lowest BCUT2D eigenvalue weighted by Gasteiger charge is -2.21. The van der Waals surface area contributed by atoms with E-state index < -0.39 is 0 Å². The first-order valence-electron chi connectivity index (χ1n) is 8.23. The predicted molar refractivity (Wildman–Crippen MR) is 98.9 cm³/mol. The van der Waals surface area contributed by atoms with Crippen molar-refractivity contribution in [3.8, 4) is 5.75 Å². The fourth-order valence-electron chi connectivity index (χ4n) is 2.91. The molecule has 3 rings (SSSR count). The Morgan fingerprint density at radius 3 is 2.58 bits per heavy atom. The highest BCUT2D eigenvalue weighted by Gasteiger charge is 2.32. The summed E-state index contributed by atoms with van der Waals surface area (Å²) in [6.07, 6.45) is 0.595. The molecule has 2 aromatic rings. The van der Waals surface area contributed by atoms with E-state index in [1.54, 1.807) is 7.11 Å². The SMILES string of the molecule is COc1ccc(C2CC(c3ccc(C)cc3)=NN2C(=O)CN=[N+]=[N-])cc1. The number of amides is 1. The summed E-state index contributed by atoms with van der Waals surface area (Å²) in [4.78, 5) is 15.1. The summed E-state index contributed by atoms with van der Waals surface area (Å²) in [6, 6.07) is 15.4. The zero-order chi connectivity index (χ0) is 18.5. The molecule has 2 aromatic carbocycles. The van der Waals surface area contributed by atoms with Gasteiger partial charge in [0.1, 0.15) is 12.3 Å². The summed E-state index contributed by atoms with van der Waals surface area (Å²) in [5.74, 6) is 0.420. The van der Waals surface area contributed by atoms with Crippen LogP contribution >= 0.6 is 0 Å². The van der Waals surface area contributed by atoms with Gasteiger partial charge in [-0.05, 0) is 35.7 Å². The molecule has 1 unspecified atom stereocenters. The summed E-state index contributed by atoms with van der Waals surface area (Å²) in [5.41, 5.74) is 12.4. The number of carbonyl (C=O) groups excluding carboxylic acids is 1. The van der Waals surface area contributed by atoms with Gasteiger partial charge in [0.15, 0.2) is 0 Å². The lowest BCUT2D eigenvalue weighted by Crippen LogP contribution is -2.28. The van der Waals surface area contributed by atoms with Crippen molar-refractivity contribution >= 4 is 11.6 Å². The number of ether oxygens (including phenoxy) is 1. The number of nitrogens with zero attached hydrogens (tertiary/aromatic N) is 5. The summed E-state index contributed by atoms with van der Waals surface area (Å²) in [7, 11) is 1.61. The minimum absolute atomic E-state index is 0.237. The van der Waals surface area contributed by atoms with Crippen molar-refractivity contribution in [1.29, 1.82) is 0 Å². The number of methoxy groups -OCH3 is 1. The monoisotopic (exact) mass is 349 g/mol. The van der Waals surface area contributed by atoms with Crippen LogP contribution in [0, 0.1) is 6.92 Å². The molecule has 1 atom stereocenters. The summed E-state index contributed by atoms with van der Waals surface area (Å²) in [5, 5.41) is 9.33. The van der Waals surface area contributed by atoms with E-state index in [0.29, 0.717) is 6.42 Å². The Bertz CT molecular complexity index is 868. The Kier molecular flexibility index (Phi) is 5.20. The number of rotatable bonds is 5. The van der Waals surface area contributed by atoms with Gasteiger partial charge in [0.2, 0.25) is 5.91 Å². The zero-order valence-electron chi connectivity index (χ0n) is 14.7. The third-order valence-electron chi connectivity index (χ3n) is 4.32. The molecular formula is C19H19N5O2. The lowest BCUT2D eigenvalue weighted by molar-refractivity contribution is -0.131. The maximum atomic E-state index is 12.5. The van der Waals surface area contributed by atoms with Crippen molar-refractivity contribution in [1.82, 2.24) is 5.01 Å².